The van der Waals surface area contributed by atoms with E-state index in [1.54, 1.807) is 6.92 Å². The van der Waals surface area contributed by atoms with Gasteiger partial charge < -0.3 is 0 Å². The second kappa shape index (κ2) is 5.33. The summed E-state index contributed by atoms with van der Waals surface area (Å²) in [5, 5.41) is 0.228. The lowest BCUT2D eigenvalue weighted by atomic mass is 9.77. The molecule has 0 bridgehead atoms. The molecule has 1 aromatic carbocycles. The highest BCUT2D eigenvalue weighted by Gasteiger charge is 2.24. The predicted octanol–water partition coefficient (Wildman–Crippen LogP) is 4.19. The van der Waals surface area contributed by atoms with Crippen molar-refractivity contribution in [1.82, 2.24) is 9.97 Å². The lowest BCUT2D eigenvalue weighted by Gasteiger charge is -2.28. The minimum Gasteiger partial charge on any atom is -0.298 e. The summed E-state index contributed by atoms with van der Waals surface area (Å²) in [5.41, 5.74) is 3.30. The number of rotatable bonds is 3. The number of carbonyl (C=O) groups excluding carboxylic acids is 1. The topological polar surface area (TPSA) is 42.9 Å². The molecule has 0 amide bonds. The number of nitrogens with zero attached hydrogens (tertiary/aromatic N) is 2. The van der Waals surface area contributed by atoms with Crippen molar-refractivity contribution in [3.8, 4) is 11.3 Å². The molecule has 3 nitrogen and oxygen atoms in total. The number of hydrogen-bond acceptors (Lipinski definition) is 3. The maximum Gasteiger partial charge on any atom is 0.155 e. The van der Waals surface area contributed by atoms with Crippen LogP contribution in [0, 0.1) is 6.92 Å². The van der Waals surface area contributed by atoms with Crippen LogP contribution in [-0.2, 0) is 0 Å². The Morgan fingerprint density at radius 3 is 2.65 bits per heavy atom. The highest BCUT2D eigenvalue weighted by Crippen LogP contribution is 2.41. The van der Waals surface area contributed by atoms with Gasteiger partial charge in [-0.3, -0.25) is 4.79 Å². The maximum atomic E-state index is 11.3. The van der Waals surface area contributed by atoms with Crippen LogP contribution in [0.25, 0.3) is 11.3 Å². The summed E-state index contributed by atoms with van der Waals surface area (Å²) in [5.74, 6) is 1.15. The number of aldehydes is 1. The zero-order valence-corrected chi connectivity index (χ0v) is 12.0. The van der Waals surface area contributed by atoms with Crippen LogP contribution < -0.4 is 0 Å². The van der Waals surface area contributed by atoms with E-state index < -0.39 is 0 Å². The quantitative estimate of drug-likeness (QED) is 0.628. The molecule has 1 aliphatic rings. The van der Waals surface area contributed by atoms with Gasteiger partial charge in [0, 0.05) is 5.56 Å². The van der Waals surface area contributed by atoms with Crippen molar-refractivity contribution in [3.05, 3.63) is 46.4 Å². The molecule has 102 valence electrons. The van der Waals surface area contributed by atoms with Crippen molar-refractivity contribution < 1.29 is 4.79 Å². The molecule has 1 saturated carbocycles. The van der Waals surface area contributed by atoms with Gasteiger partial charge in [0.25, 0.3) is 0 Å². The average molecular weight is 287 g/mol. The molecule has 1 heterocycles. The number of halogens is 1. The fourth-order valence-electron chi connectivity index (χ4n) is 2.64. The minimum atomic E-state index is 0.228. The molecule has 1 aromatic heterocycles. The van der Waals surface area contributed by atoms with Crippen LogP contribution in [0.15, 0.2) is 24.3 Å². The standard InChI is InChI=1S/C16H15ClN2O/c1-10-18-15(14(9-20)16(17)19-10)13-8-3-2-7-12(13)11-5-4-6-11/h2-3,7-9,11H,4-6H2,1H3. The zero-order valence-electron chi connectivity index (χ0n) is 11.3. The van der Waals surface area contributed by atoms with E-state index >= 15 is 0 Å². The SMILES string of the molecule is Cc1nc(Cl)c(C=O)c(-c2ccccc2C2CCC2)n1. The summed E-state index contributed by atoms with van der Waals surface area (Å²) in [6.07, 6.45) is 4.41. The monoisotopic (exact) mass is 286 g/mol. The normalized spacial score (nSPS) is 14.9. The van der Waals surface area contributed by atoms with Gasteiger partial charge in [-0.1, -0.05) is 42.3 Å². The number of benzene rings is 1. The number of hydrogen-bond donors (Lipinski definition) is 0. The molecule has 0 atom stereocenters. The lowest BCUT2D eigenvalue weighted by molar-refractivity contribution is 0.112. The second-order valence-electron chi connectivity index (χ2n) is 5.16. The first-order chi connectivity index (χ1) is 9.70. The molecular weight excluding hydrogens is 272 g/mol. The van der Waals surface area contributed by atoms with Crippen molar-refractivity contribution in [1.29, 1.82) is 0 Å². The van der Waals surface area contributed by atoms with Crippen molar-refractivity contribution in [3.63, 3.8) is 0 Å². The summed E-state index contributed by atoms with van der Waals surface area (Å²) < 4.78 is 0. The third kappa shape index (κ3) is 2.22. The summed E-state index contributed by atoms with van der Waals surface area (Å²) >= 11 is 6.08. The molecule has 0 radical (unpaired) electrons. The maximum absolute atomic E-state index is 11.3. The molecule has 0 saturated heterocycles. The highest BCUT2D eigenvalue weighted by molar-refractivity contribution is 6.32. The largest absolute Gasteiger partial charge is 0.298 e. The summed E-state index contributed by atoms with van der Waals surface area (Å²) in [6, 6.07) is 8.14. The number of carbonyl (C=O) groups is 1. The first-order valence-corrected chi connectivity index (χ1v) is 7.17. The van der Waals surface area contributed by atoms with Crippen LogP contribution in [-0.4, -0.2) is 16.3 Å². The molecule has 0 unspecified atom stereocenters. The first kappa shape index (κ1) is 13.3. The summed E-state index contributed by atoms with van der Waals surface area (Å²) in [6.45, 7) is 1.79. The Balaban J connectivity index is 2.20. The van der Waals surface area contributed by atoms with Crippen LogP contribution in [0.1, 0.15) is 46.9 Å². The zero-order chi connectivity index (χ0) is 14.1. The van der Waals surface area contributed by atoms with Crippen LogP contribution in [0.2, 0.25) is 5.15 Å². The fraction of sp³-hybridized carbons (Fsp3) is 0.312. The Labute approximate surface area is 123 Å². The van der Waals surface area contributed by atoms with Crippen molar-refractivity contribution in [2.24, 2.45) is 0 Å². The summed E-state index contributed by atoms with van der Waals surface area (Å²) in [7, 11) is 0. The van der Waals surface area contributed by atoms with E-state index in [9.17, 15) is 4.79 Å². The van der Waals surface area contributed by atoms with Gasteiger partial charge in [0.1, 0.15) is 11.0 Å². The number of aromatic nitrogens is 2. The van der Waals surface area contributed by atoms with Crippen LogP contribution in [0.3, 0.4) is 0 Å². The van der Waals surface area contributed by atoms with Crippen molar-refractivity contribution >= 4 is 17.9 Å². The molecule has 1 aliphatic carbocycles. The molecule has 20 heavy (non-hydrogen) atoms. The Morgan fingerprint density at radius 1 is 1.25 bits per heavy atom. The van der Waals surface area contributed by atoms with Gasteiger partial charge in [0.15, 0.2) is 6.29 Å². The van der Waals surface area contributed by atoms with Gasteiger partial charge in [-0.2, -0.15) is 0 Å². The van der Waals surface area contributed by atoms with Crippen molar-refractivity contribution in [2.75, 3.05) is 0 Å². The predicted molar refractivity (Wildman–Crippen MR) is 79.2 cm³/mol. The van der Waals surface area contributed by atoms with E-state index in [1.165, 1.54) is 24.8 Å². The third-order valence-corrected chi connectivity index (χ3v) is 4.18. The van der Waals surface area contributed by atoms with Gasteiger partial charge in [0.2, 0.25) is 0 Å². The van der Waals surface area contributed by atoms with Gasteiger partial charge in [-0.15, -0.1) is 0 Å². The first-order valence-electron chi connectivity index (χ1n) is 6.79. The minimum absolute atomic E-state index is 0.228. The molecule has 0 N–H and O–H groups in total. The molecule has 4 heteroatoms. The van der Waals surface area contributed by atoms with Gasteiger partial charge in [0.05, 0.1) is 11.3 Å². The van der Waals surface area contributed by atoms with E-state index in [0.717, 1.165) is 11.8 Å². The third-order valence-electron chi connectivity index (χ3n) is 3.89. The molecule has 2 aromatic rings. The Hall–Kier alpha value is -1.74. The lowest BCUT2D eigenvalue weighted by Crippen LogP contribution is -2.11. The Bertz CT molecular complexity index is 666. The molecule has 1 fully saturated rings. The van der Waals surface area contributed by atoms with E-state index in [2.05, 4.69) is 16.0 Å². The van der Waals surface area contributed by atoms with Gasteiger partial charge in [-0.05, 0) is 31.2 Å². The van der Waals surface area contributed by atoms with Crippen molar-refractivity contribution in [2.45, 2.75) is 32.1 Å². The smallest absolute Gasteiger partial charge is 0.155 e. The Kier molecular flexibility index (Phi) is 3.53. The molecular formula is C16H15ClN2O. The van der Waals surface area contributed by atoms with E-state index in [4.69, 9.17) is 11.6 Å². The molecule has 0 spiro atoms. The second-order valence-corrected chi connectivity index (χ2v) is 5.51. The Morgan fingerprint density at radius 2 is 2.00 bits per heavy atom. The summed E-state index contributed by atoms with van der Waals surface area (Å²) in [4.78, 5) is 19.8. The van der Waals surface area contributed by atoms with Gasteiger partial charge >= 0.3 is 0 Å². The average Bonchev–Trinajstić information content (AvgIpc) is 2.36. The molecule has 3 rings (SSSR count). The fourth-order valence-corrected chi connectivity index (χ4v) is 2.90. The van der Waals surface area contributed by atoms with Crippen LogP contribution in [0.4, 0.5) is 0 Å². The number of aryl methyl sites for hydroxylation is 1. The van der Waals surface area contributed by atoms with Crippen LogP contribution >= 0.6 is 11.6 Å². The van der Waals surface area contributed by atoms with E-state index in [-0.39, 0.29) is 5.15 Å². The van der Waals surface area contributed by atoms with E-state index in [1.807, 2.05) is 18.2 Å². The van der Waals surface area contributed by atoms with E-state index in [0.29, 0.717) is 23.0 Å². The van der Waals surface area contributed by atoms with Gasteiger partial charge in [-0.25, -0.2) is 9.97 Å². The molecule has 0 aliphatic heterocycles. The van der Waals surface area contributed by atoms with Crippen LogP contribution in [0.5, 0.6) is 0 Å². The highest BCUT2D eigenvalue weighted by atomic mass is 35.5.